The van der Waals surface area contributed by atoms with Gasteiger partial charge in [0.15, 0.2) is 0 Å². The molecule has 1 N–H and O–H groups in total. The Balaban J connectivity index is 3.04. The Morgan fingerprint density at radius 2 is 1.68 bits per heavy atom. The molecule has 108 valence electrons. The highest BCUT2D eigenvalue weighted by atomic mass is 16.5. The second-order valence-electron chi connectivity index (χ2n) is 5.24. The third kappa shape index (κ3) is 4.54. The Morgan fingerprint density at radius 3 is 2.11 bits per heavy atom. The average Bonchev–Trinajstić information content (AvgIpc) is 2.44. The maximum Gasteiger partial charge on any atom is 0.125 e. The van der Waals surface area contributed by atoms with Crippen molar-refractivity contribution >= 4 is 0 Å². The summed E-state index contributed by atoms with van der Waals surface area (Å²) in [5.41, 5.74) is 3.96. The van der Waals surface area contributed by atoms with Crippen LogP contribution >= 0.6 is 0 Å². The van der Waals surface area contributed by atoms with Gasteiger partial charge < -0.3 is 9.84 Å². The van der Waals surface area contributed by atoms with Gasteiger partial charge in [0.05, 0.1) is 6.61 Å². The van der Waals surface area contributed by atoms with Crippen molar-refractivity contribution in [2.24, 2.45) is 5.92 Å². The minimum absolute atomic E-state index is 0.0704. The van der Waals surface area contributed by atoms with Gasteiger partial charge in [0.2, 0.25) is 0 Å². The van der Waals surface area contributed by atoms with Crippen molar-refractivity contribution < 1.29 is 9.84 Å². The average molecular weight is 264 g/mol. The molecule has 0 saturated heterocycles. The van der Waals surface area contributed by atoms with E-state index in [1.54, 1.807) is 0 Å². The first-order valence-corrected chi connectivity index (χ1v) is 7.54. The van der Waals surface area contributed by atoms with E-state index in [2.05, 4.69) is 39.8 Å². The molecule has 0 fully saturated rings. The van der Waals surface area contributed by atoms with Crippen LogP contribution in [0.2, 0.25) is 0 Å². The molecule has 0 aliphatic rings. The molecular formula is C17H28O2. The second-order valence-corrected chi connectivity index (χ2v) is 5.24. The van der Waals surface area contributed by atoms with Gasteiger partial charge in [0, 0.05) is 0 Å². The van der Waals surface area contributed by atoms with Gasteiger partial charge in [0.1, 0.15) is 12.4 Å². The molecule has 0 radical (unpaired) electrons. The minimum Gasteiger partial charge on any atom is -0.491 e. The van der Waals surface area contributed by atoms with Gasteiger partial charge in [-0.15, -0.1) is 0 Å². The lowest BCUT2D eigenvalue weighted by molar-refractivity contribution is 0.199. The minimum atomic E-state index is 0.0704. The SMILES string of the molecule is CCc1cc(CC(C)CC)cc(CC)c1OCCO. The van der Waals surface area contributed by atoms with Gasteiger partial charge in [0.25, 0.3) is 0 Å². The predicted octanol–water partition coefficient (Wildman–Crippen LogP) is 3.77. The van der Waals surface area contributed by atoms with Gasteiger partial charge in [-0.25, -0.2) is 0 Å². The number of benzene rings is 1. The number of hydrogen-bond donors (Lipinski definition) is 1. The van der Waals surface area contributed by atoms with Crippen LogP contribution in [0.15, 0.2) is 12.1 Å². The zero-order chi connectivity index (χ0) is 14.3. The van der Waals surface area contributed by atoms with Gasteiger partial charge in [-0.2, -0.15) is 0 Å². The highest BCUT2D eigenvalue weighted by Crippen LogP contribution is 2.28. The number of aryl methyl sites for hydroxylation is 2. The van der Waals surface area contributed by atoms with Crippen LogP contribution in [0.3, 0.4) is 0 Å². The van der Waals surface area contributed by atoms with Crippen LogP contribution in [0.1, 0.15) is 50.8 Å². The van der Waals surface area contributed by atoms with Crippen molar-refractivity contribution in [2.75, 3.05) is 13.2 Å². The largest absolute Gasteiger partial charge is 0.491 e. The van der Waals surface area contributed by atoms with Gasteiger partial charge in [-0.1, -0.05) is 46.2 Å². The van der Waals surface area contributed by atoms with Crippen LogP contribution in [0, 0.1) is 5.92 Å². The Morgan fingerprint density at radius 1 is 1.11 bits per heavy atom. The third-order valence-corrected chi connectivity index (χ3v) is 3.68. The molecule has 1 aromatic carbocycles. The van der Waals surface area contributed by atoms with Crippen molar-refractivity contribution in [3.05, 3.63) is 28.8 Å². The Bertz CT molecular complexity index is 360. The van der Waals surface area contributed by atoms with Crippen molar-refractivity contribution in [1.29, 1.82) is 0 Å². The van der Waals surface area contributed by atoms with E-state index in [1.807, 2.05) is 0 Å². The molecule has 0 bridgehead atoms. The summed E-state index contributed by atoms with van der Waals surface area (Å²) < 4.78 is 5.74. The molecule has 0 heterocycles. The van der Waals surface area contributed by atoms with Crippen LogP contribution < -0.4 is 4.74 Å². The van der Waals surface area contributed by atoms with Crippen molar-refractivity contribution in [1.82, 2.24) is 0 Å². The molecule has 1 atom stereocenters. The fourth-order valence-corrected chi connectivity index (χ4v) is 2.35. The van der Waals surface area contributed by atoms with Crippen LogP contribution in [0.4, 0.5) is 0 Å². The van der Waals surface area contributed by atoms with Crippen LogP contribution in [0.25, 0.3) is 0 Å². The van der Waals surface area contributed by atoms with E-state index in [9.17, 15) is 0 Å². The first kappa shape index (κ1) is 16.0. The first-order chi connectivity index (χ1) is 9.15. The molecule has 0 spiro atoms. The third-order valence-electron chi connectivity index (χ3n) is 3.68. The van der Waals surface area contributed by atoms with Crippen molar-refractivity contribution in [3.8, 4) is 5.75 Å². The molecule has 2 heteroatoms. The molecular weight excluding hydrogens is 236 g/mol. The number of aliphatic hydroxyl groups is 1. The van der Waals surface area contributed by atoms with E-state index in [1.165, 1.54) is 23.1 Å². The van der Waals surface area contributed by atoms with E-state index in [0.29, 0.717) is 6.61 Å². The summed E-state index contributed by atoms with van der Waals surface area (Å²) in [5.74, 6) is 1.71. The maximum atomic E-state index is 8.94. The normalized spacial score (nSPS) is 12.5. The fourth-order valence-electron chi connectivity index (χ4n) is 2.35. The Kier molecular flexibility index (Phi) is 6.93. The van der Waals surface area contributed by atoms with Gasteiger partial charge in [-0.3, -0.25) is 0 Å². The zero-order valence-electron chi connectivity index (χ0n) is 12.8. The monoisotopic (exact) mass is 264 g/mol. The van der Waals surface area contributed by atoms with Crippen molar-refractivity contribution in [3.63, 3.8) is 0 Å². The summed E-state index contributed by atoms with van der Waals surface area (Å²) in [4.78, 5) is 0. The van der Waals surface area contributed by atoms with Crippen molar-refractivity contribution in [2.45, 2.75) is 53.4 Å². The van der Waals surface area contributed by atoms with E-state index in [0.717, 1.165) is 30.9 Å². The number of aliphatic hydroxyl groups excluding tert-OH is 1. The highest BCUT2D eigenvalue weighted by molar-refractivity contribution is 5.45. The lowest BCUT2D eigenvalue weighted by Gasteiger charge is -2.17. The van der Waals surface area contributed by atoms with Crippen LogP contribution in [-0.4, -0.2) is 18.3 Å². The molecule has 0 aromatic heterocycles. The van der Waals surface area contributed by atoms with E-state index < -0.39 is 0 Å². The second kappa shape index (κ2) is 8.21. The molecule has 0 saturated carbocycles. The van der Waals surface area contributed by atoms with E-state index >= 15 is 0 Å². The van der Waals surface area contributed by atoms with E-state index in [4.69, 9.17) is 9.84 Å². The lowest BCUT2D eigenvalue weighted by atomic mass is 9.93. The van der Waals surface area contributed by atoms with E-state index in [-0.39, 0.29) is 6.61 Å². The molecule has 0 aliphatic carbocycles. The number of rotatable bonds is 8. The first-order valence-electron chi connectivity index (χ1n) is 7.54. The quantitative estimate of drug-likeness (QED) is 0.774. The fraction of sp³-hybridized carbons (Fsp3) is 0.647. The maximum absolute atomic E-state index is 8.94. The zero-order valence-corrected chi connectivity index (χ0v) is 12.8. The Labute approximate surface area is 117 Å². The highest BCUT2D eigenvalue weighted by Gasteiger charge is 2.11. The summed E-state index contributed by atoms with van der Waals surface area (Å²) in [7, 11) is 0. The predicted molar refractivity (Wildman–Crippen MR) is 80.9 cm³/mol. The summed E-state index contributed by atoms with van der Waals surface area (Å²) in [5, 5.41) is 8.94. The molecule has 1 aromatic rings. The topological polar surface area (TPSA) is 29.5 Å². The molecule has 19 heavy (non-hydrogen) atoms. The summed E-state index contributed by atoms with van der Waals surface area (Å²) in [6.07, 6.45) is 4.30. The van der Waals surface area contributed by atoms with Gasteiger partial charge >= 0.3 is 0 Å². The van der Waals surface area contributed by atoms with Crippen LogP contribution in [0.5, 0.6) is 5.75 Å². The van der Waals surface area contributed by atoms with Crippen LogP contribution in [-0.2, 0) is 19.3 Å². The summed E-state index contributed by atoms with van der Waals surface area (Å²) in [6, 6.07) is 4.55. The number of hydrogen-bond acceptors (Lipinski definition) is 2. The molecule has 2 nitrogen and oxygen atoms in total. The smallest absolute Gasteiger partial charge is 0.125 e. The summed E-state index contributed by atoms with van der Waals surface area (Å²) in [6.45, 7) is 9.31. The standard InChI is InChI=1S/C17H28O2/c1-5-13(4)10-14-11-15(6-2)17(19-9-8-18)16(7-3)12-14/h11-13,18H,5-10H2,1-4H3. The number of ether oxygens (including phenoxy) is 1. The summed E-state index contributed by atoms with van der Waals surface area (Å²) >= 11 is 0. The Hall–Kier alpha value is -1.02. The van der Waals surface area contributed by atoms with Gasteiger partial charge in [-0.05, 0) is 41.9 Å². The molecule has 1 unspecified atom stereocenters. The molecule has 0 aliphatic heterocycles. The molecule has 0 amide bonds. The molecule has 1 rings (SSSR count). The lowest BCUT2D eigenvalue weighted by Crippen LogP contribution is -2.08.